The van der Waals surface area contributed by atoms with Crippen LogP contribution in [0.5, 0.6) is 5.75 Å². The van der Waals surface area contributed by atoms with Crippen molar-refractivity contribution in [3.8, 4) is 5.75 Å². The molecule has 0 spiro atoms. The number of carbonyl (C=O) groups is 1. The number of nitrogens with zero attached hydrogens (tertiary/aromatic N) is 1. The zero-order valence-electron chi connectivity index (χ0n) is 10.1. The maximum Gasteiger partial charge on any atom is 0.322 e. The van der Waals surface area contributed by atoms with Crippen molar-refractivity contribution in [2.45, 2.75) is 23.8 Å². The molecule has 6 nitrogen and oxygen atoms in total. The highest BCUT2D eigenvalue weighted by atomic mass is 79.9. The lowest BCUT2D eigenvalue weighted by molar-refractivity contribution is -0.140. The van der Waals surface area contributed by atoms with Gasteiger partial charge >= 0.3 is 5.97 Å². The molecule has 110 valence electrons. The van der Waals surface area contributed by atoms with E-state index in [1.807, 2.05) is 0 Å². The summed E-state index contributed by atoms with van der Waals surface area (Å²) >= 11 is 8.80. The summed E-state index contributed by atoms with van der Waals surface area (Å²) in [4.78, 5) is 10.7. The van der Waals surface area contributed by atoms with Gasteiger partial charge in [-0.1, -0.05) is 11.6 Å². The third-order valence-corrected chi connectivity index (χ3v) is 5.81. The number of aromatic hydroxyl groups is 1. The second-order valence-corrected chi connectivity index (χ2v) is 7.50. The molecule has 2 rings (SSSR count). The van der Waals surface area contributed by atoms with Crippen LogP contribution in [-0.2, 0) is 14.8 Å². The molecule has 1 aromatic rings. The van der Waals surface area contributed by atoms with Gasteiger partial charge in [0.1, 0.15) is 16.7 Å². The molecule has 1 aromatic carbocycles. The fraction of sp³-hybridized carbons (Fsp3) is 0.364. The lowest BCUT2D eigenvalue weighted by Crippen LogP contribution is -2.40. The number of halogens is 2. The molecular formula is C11H11BrClNO5S. The maximum absolute atomic E-state index is 12.5. The fourth-order valence-electron chi connectivity index (χ4n) is 2.14. The van der Waals surface area contributed by atoms with E-state index in [2.05, 4.69) is 15.9 Å². The molecule has 1 heterocycles. The van der Waals surface area contributed by atoms with Gasteiger partial charge in [-0.2, -0.15) is 4.31 Å². The monoisotopic (exact) mass is 383 g/mol. The van der Waals surface area contributed by atoms with Crippen LogP contribution >= 0.6 is 27.5 Å². The number of sulfonamides is 1. The summed E-state index contributed by atoms with van der Waals surface area (Å²) in [6.45, 7) is 0.100. The molecule has 0 aromatic heterocycles. The van der Waals surface area contributed by atoms with E-state index >= 15 is 0 Å². The minimum atomic E-state index is -4.12. The number of carboxylic acid groups (broad SMARTS) is 1. The van der Waals surface area contributed by atoms with Crippen LogP contribution in [0.15, 0.2) is 21.5 Å². The van der Waals surface area contributed by atoms with Gasteiger partial charge in [0.05, 0.1) is 4.47 Å². The van der Waals surface area contributed by atoms with E-state index in [1.165, 1.54) is 6.07 Å². The fourth-order valence-corrected chi connectivity index (χ4v) is 4.93. The Bertz CT molecular complexity index is 663. The summed E-state index contributed by atoms with van der Waals surface area (Å²) in [5, 5.41) is 19.1. The average molecular weight is 385 g/mol. The minimum absolute atomic E-state index is 0.100. The first-order valence-corrected chi connectivity index (χ1v) is 8.29. The van der Waals surface area contributed by atoms with Crippen LogP contribution in [0, 0.1) is 0 Å². The van der Waals surface area contributed by atoms with E-state index in [9.17, 15) is 18.3 Å². The van der Waals surface area contributed by atoms with E-state index in [0.29, 0.717) is 6.42 Å². The standard InChI is InChI=1S/C11H11BrClNO5S/c12-7-4-6(13)5-9(10(7)15)20(18,19)14-3-1-2-8(14)11(16)17/h4-5,8,15H,1-3H2,(H,16,17)/t8-/m0/s1. The van der Waals surface area contributed by atoms with E-state index in [-0.39, 0.29) is 22.5 Å². The smallest absolute Gasteiger partial charge is 0.322 e. The van der Waals surface area contributed by atoms with Crippen molar-refractivity contribution < 1.29 is 23.4 Å². The molecule has 1 aliphatic rings. The Morgan fingerprint density at radius 3 is 2.70 bits per heavy atom. The molecule has 0 aliphatic carbocycles. The number of rotatable bonds is 3. The second kappa shape index (κ2) is 5.51. The van der Waals surface area contributed by atoms with Crippen molar-refractivity contribution in [2.75, 3.05) is 6.54 Å². The molecule has 0 bridgehead atoms. The van der Waals surface area contributed by atoms with Gasteiger partial charge in [-0.25, -0.2) is 8.42 Å². The quantitative estimate of drug-likeness (QED) is 0.831. The number of carboxylic acids is 1. The Balaban J connectivity index is 2.53. The van der Waals surface area contributed by atoms with Crippen LogP contribution in [0.3, 0.4) is 0 Å². The number of phenols is 1. The highest BCUT2D eigenvalue weighted by Gasteiger charge is 2.40. The summed E-state index contributed by atoms with van der Waals surface area (Å²) in [6, 6.07) is 1.35. The van der Waals surface area contributed by atoms with E-state index in [1.54, 1.807) is 0 Å². The predicted octanol–water partition coefficient (Wildman–Crippen LogP) is 2.05. The van der Waals surface area contributed by atoms with Crippen molar-refractivity contribution in [3.63, 3.8) is 0 Å². The molecule has 0 saturated carbocycles. The summed E-state index contributed by atoms with van der Waals surface area (Å²) < 4.78 is 26.0. The molecule has 20 heavy (non-hydrogen) atoms. The Labute approximate surface area is 129 Å². The predicted molar refractivity (Wildman–Crippen MR) is 75.4 cm³/mol. The molecule has 0 amide bonds. The lowest BCUT2D eigenvalue weighted by atomic mass is 10.2. The first kappa shape index (κ1) is 15.6. The molecule has 1 aliphatic heterocycles. The van der Waals surface area contributed by atoms with E-state index in [0.717, 1.165) is 10.4 Å². The second-order valence-electron chi connectivity index (χ2n) is 4.35. The molecule has 1 saturated heterocycles. The number of aliphatic carboxylic acids is 1. The van der Waals surface area contributed by atoms with Gasteiger partial charge in [0.15, 0.2) is 0 Å². The van der Waals surface area contributed by atoms with Gasteiger partial charge in [0.25, 0.3) is 0 Å². The normalized spacial score (nSPS) is 20.2. The topological polar surface area (TPSA) is 94.9 Å². The summed E-state index contributed by atoms with van der Waals surface area (Å²) in [5.74, 6) is -1.68. The van der Waals surface area contributed by atoms with Crippen LogP contribution in [-0.4, -0.2) is 41.5 Å². The maximum atomic E-state index is 12.5. The van der Waals surface area contributed by atoms with Crippen molar-refractivity contribution in [3.05, 3.63) is 21.6 Å². The number of benzene rings is 1. The van der Waals surface area contributed by atoms with Crippen molar-refractivity contribution in [2.24, 2.45) is 0 Å². The molecule has 2 N–H and O–H groups in total. The number of hydrogen-bond donors (Lipinski definition) is 2. The first-order valence-electron chi connectivity index (χ1n) is 5.68. The molecule has 9 heteroatoms. The summed E-state index contributed by atoms with van der Waals surface area (Å²) in [7, 11) is -4.12. The first-order chi connectivity index (χ1) is 9.25. The Morgan fingerprint density at radius 1 is 1.45 bits per heavy atom. The number of hydrogen-bond acceptors (Lipinski definition) is 4. The largest absolute Gasteiger partial charge is 0.505 e. The van der Waals surface area contributed by atoms with Crippen LogP contribution < -0.4 is 0 Å². The SMILES string of the molecule is O=C(O)[C@@H]1CCCN1S(=O)(=O)c1cc(Cl)cc(Br)c1O. The highest BCUT2D eigenvalue weighted by molar-refractivity contribution is 9.10. The van der Waals surface area contributed by atoms with Gasteiger partial charge in [-0.15, -0.1) is 0 Å². The van der Waals surface area contributed by atoms with Crippen LogP contribution in [0.4, 0.5) is 0 Å². The third kappa shape index (κ3) is 2.65. The van der Waals surface area contributed by atoms with Gasteiger partial charge in [-0.05, 0) is 40.9 Å². The van der Waals surface area contributed by atoms with Crippen LogP contribution in [0.2, 0.25) is 5.02 Å². The van der Waals surface area contributed by atoms with Gasteiger partial charge in [0, 0.05) is 11.6 Å². The van der Waals surface area contributed by atoms with Crippen LogP contribution in [0.1, 0.15) is 12.8 Å². The molecule has 1 atom stereocenters. The molecule has 0 unspecified atom stereocenters. The average Bonchev–Trinajstić information content (AvgIpc) is 2.83. The molecular weight excluding hydrogens is 374 g/mol. The zero-order valence-corrected chi connectivity index (χ0v) is 13.2. The lowest BCUT2D eigenvalue weighted by Gasteiger charge is -2.21. The van der Waals surface area contributed by atoms with E-state index in [4.69, 9.17) is 16.7 Å². The van der Waals surface area contributed by atoms with Crippen molar-refractivity contribution in [1.29, 1.82) is 0 Å². The Kier molecular flexibility index (Phi) is 4.29. The van der Waals surface area contributed by atoms with Crippen molar-refractivity contribution in [1.82, 2.24) is 4.31 Å². The summed E-state index contributed by atoms with van der Waals surface area (Å²) in [5.41, 5.74) is 0. The van der Waals surface area contributed by atoms with Gasteiger partial charge in [0.2, 0.25) is 10.0 Å². The Hall–Kier alpha value is -0.830. The van der Waals surface area contributed by atoms with Gasteiger partial charge in [-0.3, -0.25) is 4.79 Å². The zero-order chi connectivity index (χ0) is 15.1. The minimum Gasteiger partial charge on any atom is -0.505 e. The van der Waals surface area contributed by atoms with Crippen LogP contribution in [0.25, 0.3) is 0 Å². The van der Waals surface area contributed by atoms with Crippen molar-refractivity contribution >= 4 is 43.5 Å². The molecule has 0 radical (unpaired) electrons. The Morgan fingerprint density at radius 2 is 2.10 bits per heavy atom. The van der Waals surface area contributed by atoms with Gasteiger partial charge < -0.3 is 10.2 Å². The van der Waals surface area contributed by atoms with E-state index < -0.39 is 32.7 Å². The third-order valence-electron chi connectivity index (χ3n) is 3.07. The highest BCUT2D eigenvalue weighted by Crippen LogP contribution is 2.37. The summed E-state index contributed by atoms with van der Waals surface area (Å²) in [6.07, 6.45) is 0.704. The molecule has 1 fully saturated rings. The number of phenolic OH excluding ortho intramolecular Hbond substituents is 1.